The topological polar surface area (TPSA) is 42.4 Å². The van der Waals surface area contributed by atoms with Crippen molar-refractivity contribution in [3.8, 4) is 0 Å². The highest BCUT2D eigenvalue weighted by molar-refractivity contribution is 7.11. The smallest absolute Gasteiger partial charge is 0.0957 e. The van der Waals surface area contributed by atoms with Crippen molar-refractivity contribution < 1.29 is 9.84 Å². The summed E-state index contributed by atoms with van der Waals surface area (Å²) in [5.74, 6) is 0. The summed E-state index contributed by atoms with van der Waals surface area (Å²) >= 11 is 1.65. The zero-order chi connectivity index (χ0) is 13.2. The van der Waals surface area contributed by atoms with Crippen LogP contribution in [0.15, 0.2) is 0 Å². The van der Waals surface area contributed by atoms with Gasteiger partial charge in [0.25, 0.3) is 0 Å². The highest BCUT2D eigenvalue weighted by atomic mass is 32.1. The second-order valence-electron chi connectivity index (χ2n) is 5.54. The van der Waals surface area contributed by atoms with Crippen molar-refractivity contribution in [2.45, 2.75) is 53.2 Å². The molecule has 1 heterocycles. The lowest BCUT2D eigenvalue weighted by molar-refractivity contribution is -0.0699. The molecule has 0 aliphatic heterocycles. The van der Waals surface area contributed by atoms with Crippen LogP contribution < -0.4 is 0 Å². The van der Waals surface area contributed by atoms with Crippen molar-refractivity contribution in [3.05, 3.63) is 15.6 Å². The monoisotopic (exact) mass is 257 g/mol. The molecule has 2 unspecified atom stereocenters. The fourth-order valence-corrected chi connectivity index (χ4v) is 2.98. The largest absolute Gasteiger partial charge is 0.390 e. The van der Waals surface area contributed by atoms with E-state index in [4.69, 9.17) is 4.74 Å². The molecule has 0 spiro atoms. The lowest BCUT2D eigenvalue weighted by Gasteiger charge is -2.32. The summed E-state index contributed by atoms with van der Waals surface area (Å²) in [5.41, 5.74) is 0.983. The van der Waals surface area contributed by atoms with Crippen molar-refractivity contribution in [2.24, 2.45) is 5.41 Å². The predicted molar refractivity (Wildman–Crippen MR) is 71.6 cm³/mol. The fraction of sp³-hybridized carbons (Fsp3) is 0.769. The van der Waals surface area contributed by atoms with E-state index in [9.17, 15) is 5.11 Å². The van der Waals surface area contributed by atoms with E-state index in [1.165, 1.54) is 4.88 Å². The highest BCUT2D eigenvalue weighted by Gasteiger charge is 2.31. The Morgan fingerprint density at radius 2 is 1.94 bits per heavy atom. The molecule has 17 heavy (non-hydrogen) atoms. The predicted octanol–water partition coefficient (Wildman–Crippen LogP) is 2.72. The van der Waals surface area contributed by atoms with E-state index in [2.05, 4.69) is 32.7 Å². The van der Waals surface area contributed by atoms with Gasteiger partial charge in [-0.05, 0) is 19.3 Å². The molecule has 0 bridgehead atoms. The van der Waals surface area contributed by atoms with E-state index in [1.54, 1.807) is 18.4 Å². The van der Waals surface area contributed by atoms with E-state index >= 15 is 0 Å². The van der Waals surface area contributed by atoms with Gasteiger partial charge in [0.15, 0.2) is 0 Å². The van der Waals surface area contributed by atoms with Gasteiger partial charge in [-0.25, -0.2) is 4.98 Å². The maximum absolute atomic E-state index is 10.2. The van der Waals surface area contributed by atoms with Crippen LogP contribution in [0.5, 0.6) is 0 Å². The third-order valence-electron chi connectivity index (χ3n) is 2.91. The SMILES string of the molecule is COC(C(O)Cc1nc(C)c(C)s1)C(C)(C)C. The number of hydrogen-bond acceptors (Lipinski definition) is 4. The van der Waals surface area contributed by atoms with Gasteiger partial charge in [-0.3, -0.25) is 0 Å². The third-order valence-corrected chi connectivity index (χ3v) is 4.01. The molecule has 0 fully saturated rings. The van der Waals surface area contributed by atoms with Crippen LogP contribution in [0.4, 0.5) is 0 Å². The Labute approximate surface area is 108 Å². The molecule has 0 saturated carbocycles. The molecule has 3 nitrogen and oxygen atoms in total. The number of hydrogen-bond donors (Lipinski definition) is 1. The quantitative estimate of drug-likeness (QED) is 0.902. The molecular weight excluding hydrogens is 234 g/mol. The van der Waals surface area contributed by atoms with Crippen LogP contribution in [-0.2, 0) is 11.2 Å². The molecule has 4 heteroatoms. The minimum absolute atomic E-state index is 0.0739. The number of thiazole rings is 1. The van der Waals surface area contributed by atoms with Crippen LogP contribution in [0.3, 0.4) is 0 Å². The Kier molecular flexibility index (Phi) is 4.69. The Morgan fingerprint density at radius 1 is 1.35 bits per heavy atom. The van der Waals surface area contributed by atoms with Gasteiger partial charge >= 0.3 is 0 Å². The van der Waals surface area contributed by atoms with E-state index in [0.717, 1.165) is 10.7 Å². The van der Waals surface area contributed by atoms with Crippen LogP contribution in [0, 0.1) is 19.3 Å². The van der Waals surface area contributed by atoms with Crippen LogP contribution >= 0.6 is 11.3 Å². The van der Waals surface area contributed by atoms with Crippen LogP contribution in [0.2, 0.25) is 0 Å². The number of aryl methyl sites for hydroxylation is 2. The van der Waals surface area contributed by atoms with Crippen molar-refractivity contribution >= 4 is 11.3 Å². The van der Waals surface area contributed by atoms with Gasteiger partial charge in [0.1, 0.15) is 0 Å². The summed E-state index contributed by atoms with van der Waals surface area (Å²) in [7, 11) is 1.65. The molecule has 0 saturated heterocycles. The van der Waals surface area contributed by atoms with E-state index in [-0.39, 0.29) is 11.5 Å². The summed E-state index contributed by atoms with van der Waals surface area (Å²) in [6.45, 7) is 10.3. The molecule has 1 aromatic rings. The number of aliphatic hydroxyl groups is 1. The Hall–Kier alpha value is -0.450. The second-order valence-corrected chi connectivity index (χ2v) is 6.83. The number of ether oxygens (including phenoxy) is 1. The zero-order valence-corrected chi connectivity index (χ0v) is 12.4. The first kappa shape index (κ1) is 14.6. The molecule has 0 amide bonds. The number of nitrogens with zero attached hydrogens (tertiary/aromatic N) is 1. The molecule has 0 aromatic carbocycles. The molecule has 98 valence electrons. The molecule has 1 N–H and O–H groups in total. The van der Waals surface area contributed by atoms with E-state index < -0.39 is 6.10 Å². The summed E-state index contributed by atoms with van der Waals surface area (Å²) < 4.78 is 5.41. The van der Waals surface area contributed by atoms with Crippen molar-refractivity contribution in [1.29, 1.82) is 0 Å². The fourth-order valence-electron chi connectivity index (χ4n) is 2.00. The summed E-state index contributed by atoms with van der Waals surface area (Å²) in [4.78, 5) is 5.67. The van der Waals surface area contributed by atoms with Gasteiger partial charge in [0.05, 0.1) is 22.9 Å². The third kappa shape index (κ3) is 3.76. The Morgan fingerprint density at radius 3 is 2.29 bits per heavy atom. The first-order valence-electron chi connectivity index (χ1n) is 5.89. The van der Waals surface area contributed by atoms with Crippen molar-refractivity contribution in [1.82, 2.24) is 4.98 Å². The summed E-state index contributed by atoms with van der Waals surface area (Å²) in [6, 6.07) is 0. The average Bonchev–Trinajstić information content (AvgIpc) is 2.43. The standard InChI is InChI=1S/C13H23NO2S/c1-8-9(2)17-11(14-8)7-10(15)12(16-6)13(3,4)5/h10,12,15H,7H2,1-6H3. The lowest BCUT2D eigenvalue weighted by Crippen LogP contribution is -2.40. The summed E-state index contributed by atoms with van der Waals surface area (Å²) in [5, 5.41) is 11.2. The van der Waals surface area contributed by atoms with Crippen LogP contribution in [-0.4, -0.2) is 29.4 Å². The molecule has 0 aliphatic rings. The molecule has 0 aliphatic carbocycles. The summed E-state index contributed by atoms with van der Waals surface area (Å²) in [6.07, 6.45) is -0.119. The molecular formula is C13H23NO2S. The van der Waals surface area contributed by atoms with Gasteiger partial charge < -0.3 is 9.84 Å². The first-order valence-corrected chi connectivity index (χ1v) is 6.71. The normalized spacial score (nSPS) is 15.9. The maximum atomic E-state index is 10.2. The average molecular weight is 257 g/mol. The number of aromatic nitrogens is 1. The van der Waals surface area contributed by atoms with Crippen molar-refractivity contribution in [2.75, 3.05) is 7.11 Å². The Bertz CT molecular complexity index is 348. The maximum Gasteiger partial charge on any atom is 0.0957 e. The zero-order valence-electron chi connectivity index (χ0n) is 11.6. The lowest BCUT2D eigenvalue weighted by atomic mass is 9.85. The molecule has 2 atom stereocenters. The van der Waals surface area contributed by atoms with Gasteiger partial charge in [-0.1, -0.05) is 20.8 Å². The molecule has 1 rings (SSSR count). The van der Waals surface area contributed by atoms with Gasteiger partial charge in [-0.2, -0.15) is 0 Å². The number of aliphatic hydroxyl groups excluding tert-OH is 1. The minimum Gasteiger partial charge on any atom is -0.390 e. The van der Waals surface area contributed by atoms with E-state index in [1.807, 2.05) is 6.92 Å². The highest BCUT2D eigenvalue weighted by Crippen LogP contribution is 2.27. The van der Waals surface area contributed by atoms with Crippen molar-refractivity contribution in [3.63, 3.8) is 0 Å². The first-order chi connectivity index (χ1) is 7.75. The van der Waals surface area contributed by atoms with Gasteiger partial charge in [-0.15, -0.1) is 11.3 Å². The molecule has 1 aromatic heterocycles. The number of rotatable bonds is 4. The Balaban J connectivity index is 2.74. The minimum atomic E-state index is -0.509. The van der Waals surface area contributed by atoms with Crippen LogP contribution in [0.25, 0.3) is 0 Å². The number of methoxy groups -OCH3 is 1. The molecule has 0 radical (unpaired) electrons. The van der Waals surface area contributed by atoms with Crippen LogP contribution in [0.1, 0.15) is 36.3 Å². The van der Waals surface area contributed by atoms with Gasteiger partial charge in [0.2, 0.25) is 0 Å². The second kappa shape index (κ2) is 5.46. The van der Waals surface area contributed by atoms with E-state index in [0.29, 0.717) is 6.42 Å². The van der Waals surface area contributed by atoms with Gasteiger partial charge in [0, 0.05) is 18.4 Å².